The Morgan fingerprint density at radius 2 is 1.80 bits per heavy atom. The Balaban J connectivity index is 2.83. The third-order valence-electron chi connectivity index (χ3n) is 1.84. The van der Waals surface area contributed by atoms with Gasteiger partial charge in [0, 0.05) is 12.8 Å². The number of aryl methyl sites for hydroxylation is 1. The molecule has 0 atom stereocenters. The number of halogens is 4. The fraction of sp³-hybridized carbons (Fsp3) is 0.375. The zero-order chi connectivity index (χ0) is 11.6. The van der Waals surface area contributed by atoms with Crippen LogP contribution in [0.25, 0.3) is 0 Å². The van der Waals surface area contributed by atoms with Gasteiger partial charge in [-0.1, -0.05) is 0 Å². The summed E-state index contributed by atoms with van der Waals surface area (Å²) in [6, 6.07) is 0. The summed E-state index contributed by atoms with van der Waals surface area (Å²) in [7, 11) is 0. The van der Waals surface area contributed by atoms with Gasteiger partial charge in [-0.25, -0.2) is 4.39 Å². The molecule has 0 bridgehead atoms. The van der Waals surface area contributed by atoms with Crippen molar-refractivity contribution in [2.45, 2.75) is 19.0 Å². The Morgan fingerprint density at radius 1 is 1.20 bits per heavy atom. The molecule has 0 aliphatic heterocycles. The van der Waals surface area contributed by atoms with Crippen LogP contribution in [0.5, 0.6) is 0 Å². The minimum Gasteiger partial charge on any atom is -0.395 e. The largest absolute Gasteiger partial charge is 0.395 e. The summed E-state index contributed by atoms with van der Waals surface area (Å²) in [5.41, 5.74) is 9.90. The SMILES string of the molecule is Nc1c(F)cnc(CCC(F)(F)F)c1N. The maximum atomic E-state index is 12.7. The van der Waals surface area contributed by atoms with E-state index < -0.39 is 24.8 Å². The van der Waals surface area contributed by atoms with Crippen molar-refractivity contribution in [3.63, 3.8) is 0 Å². The molecule has 0 aliphatic carbocycles. The first-order chi connectivity index (χ1) is 6.81. The number of aromatic nitrogens is 1. The molecule has 0 aromatic carbocycles. The van der Waals surface area contributed by atoms with Crippen molar-refractivity contribution in [3.05, 3.63) is 17.7 Å². The monoisotopic (exact) mass is 223 g/mol. The van der Waals surface area contributed by atoms with Crippen LogP contribution in [0, 0.1) is 5.82 Å². The van der Waals surface area contributed by atoms with Gasteiger partial charge in [0.15, 0.2) is 5.82 Å². The number of nitrogen functional groups attached to an aromatic ring is 2. The van der Waals surface area contributed by atoms with E-state index in [1.54, 1.807) is 0 Å². The van der Waals surface area contributed by atoms with Crippen molar-refractivity contribution in [1.82, 2.24) is 4.98 Å². The zero-order valence-corrected chi connectivity index (χ0v) is 7.61. The average Bonchev–Trinajstić information content (AvgIpc) is 2.12. The summed E-state index contributed by atoms with van der Waals surface area (Å²) in [5.74, 6) is -0.830. The van der Waals surface area contributed by atoms with Crippen LogP contribution in [-0.4, -0.2) is 11.2 Å². The van der Waals surface area contributed by atoms with Gasteiger partial charge in [-0.3, -0.25) is 4.98 Å². The highest BCUT2D eigenvalue weighted by Crippen LogP contribution is 2.26. The van der Waals surface area contributed by atoms with Gasteiger partial charge in [-0.15, -0.1) is 0 Å². The quantitative estimate of drug-likeness (QED) is 0.752. The predicted octanol–water partition coefficient (Wildman–Crippen LogP) is 1.88. The molecule has 15 heavy (non-hydrogen) atoms. The number of nitrogens with zero attached hydrogens (tertiary/aromatic N) is 1. The van der Waals surface area contributed by atoms with E-state index in [2.05, 4.69) is 4.98 Å². The van der Waals surface area contributed by atoms with Crippen LogP contribution in [0.1, 0.15) is 12.1 Å². The first kappa shape index (κ1) is 11.5. The molecular formula is C8H9F4N3. The van der Waals surface area contributed by atoms with Crippen LogP contribution in [0.2, 0.25) is 0 Å². The van der Waals surface area contributed by atoms with Gasteiger partial charge in [-0.2, -0.15) is 13.2 Å². The second-order valence-electron chi connectivity index (χ2n) is 3.00. The van der Waals surface area contributed by atoms with E-state index in [1.165, 1.54) is 0 Å². The molecule has 1 aromatic rings. The van der Waals surface area contributed by atoms with Crippen LogP contribution in [0.3, 0.4) is 0 Å². The van der Waals surface area contributed by atoms with Crippen molar-refractivity contribution >= 4 is 11.4 Å². The van der Waals surface area contributed by atoms with Crippen LogP contribution in [-0.2, 0) is 6.42 Å². The third-order valence-corrected chi connectivity index (χ3v) is 1.84. The topological polar surface area (TPSA) is 64.9 Å². The van der Waals surface area contributed by atoms with E-state index in [9.17, 15) is 17.6 Å². The van der Waals surface area contributed by atoms with E-state index in [0.29, 0.717) is 0 Å². The van der Waals surface area contributed by atoms with E-state index >= 15 is 0 Å². The van der Waals surface area contributed by atoms with Gasteiger partial charge in [0.1, 0.15) is 0 Å². The summed E-state index contributed by atoms with van der Waals surface area (Å²) in [4.78, 5) is 3.46. The van der Waals surface area contributed by atoms with Crippen molar-refractivity contribution in [2.75, 3.05) is 11.5 Å². The lowest BCUT2D eigenvalue weighted by Gasteiger charge is -2.09. The summed E-state index contributed by atoms with van der Waals surface area (Å²) in [6.45, 7) is 0. The molecule has 7 heteroatoms. The molecule has 0 spiro atoms. The summed E-state index contributed by atoms with van der Waals surface area (Å²) in [6.07, 6.45) is -5.00. The summed E-state index contributed by atoms with van der Waals surface area (Å²) < 4.78 is 48.4. The van der Waals surface area contributed by atoms with Crippen molar-refractivity contribution in [3.8, 4) is 0 Å². The normalized spacial score (nSPS) is 11.7. The minimum atomic E-state index is -4.29. The lowest BCUT2D eigenvalue weighted by Crippen LogP contribution is -2.11. The van der Waals surface area contributed by atoms with E-state index in [1.807, 2.05) is 0 Å². The van der Waals surface area contributed by atoms with Crippen LogP contribution in [0.15, 0.2) is 6.20 Å². The molecule has 1 aromatic heterocycles. The minimum absolute atomic E-state index is 0.0359. The fourth-order valence-electron chi connectivity index (χ4n) is 1.02. The predicted molar refractivity (Wildman–Crippen MR) is 47.4 cm³/mol. The van der Waals surface area contributed by atoms with Gasteiger partial charge >= 0.3 is 6.18 Å². The molecule has 0 aliphatic rings. The van der Waals surface area contributed by atoms with Gasteiger partial charge < -0.3 is 11.5 Å². The second-order valence-corrected chi connectivity index (χ2v) is 3.00. The fourth-order valence-corrected chi connectivity index (χ4v) is 1.02. The Labute approximate surface area is 83.1 Å². The van der Waals surface area contributed by atoms with Gasteiger partial charge in [0.05, 0.1) is 23.3 Å². The number of hydrogen-bond acceptors (Lipinski definition) is 3. The molecule has 1 rings (SSSR count). The second kappa shape index (κ2) is 3.92. The zero-order valence-electron chi connectivity index (χ0n) is 7.61. The average molecular weight is 223 g/mol. The number of rotatable bonds is 2. The van der Waals surface area contributed by atoms with E-state index in [0.717, 1.165) is 6.20 Å². The van der Waals surface area contributed by atoms with Crippen LogP contribution in [0.4, 0.5) is 28.9 Å². The molecule has 84 valence electrons. The Morgan fingerprint density at radius 3 is 2.33 bits per heavy atom. The first-order valence-corrected chi connectivity index (χ1v) is 4.06. The van der Waals surface area contributed by atoms with E-state index in [-0.39, 0.29) is 17.1 Å². The third kappa shape index (κ3) is 2.97. The highest BCUT2D eigenvalue weighted by Gasteiger charge is 2.27. The maximum absolute atomic E-state index is 12.7. The molecule has 0 saturated heterocycles. The highest BCUT2D eigenvalue weighted by molar-refractivity contribution is 5.65. The highest BCUT2D eigenvalue weighted by atomic mass is 19.4. The summed E-state index contributed by atoms with van der Waals surface area (Å²) >= 11 is 0. The standard InChI is InChI=1S/C8H9F4N3/c9-4-3-15-5(7(14)6(4)13)1-2-8(10,11)12/h3H,1-2,14H2,(H2,13,15). The van der Waals surface area contributed by atoms with Gasteiger partial charge in [-0.05, 0) is 0 Å². The van der Waals surface area contributed by atoms with Gasteiger partial charge in [0.2, 0.25) is 0 Å². The first-order valence-electron chi connectivity index (χ1n) is 4.06. The lowest BCUT2D eigenvalue weighted by molar-refractivity contribution is -0.134. The van der Waals surface area contributed by atoms with Crippen LogP contribution >= 0.6 is 0 Å². The maximum Gasteiger partial charge on any atom is 0.389 e. The molecule has 0 amide bonds. The summed E-state index contributed by atoms with van der Waals surface area (Å²) in [5, 5.41) is 0. The molecule has 0 fully saturated rings. The Kier molecular flexibility index (Phi) is 3.01. The number of anilines is 2. The van der Waals surface area contributed by atoms with E-state index in [4.69, 9.17) is 11.5 Å². The number of pyridine rings is 1. The van der Waals surface area contributed by atoms with Crippen molar-refractivity contribution in [1.29, 1.82) is 0 Å². The van der Waals surface area contributed by atoms with Gasteiger partial charge in [0.25, 0.3) is 0 Å². The van der Waals surface area contributed by atoms with Crippen LogP contribution < -0.4 is 11.5 Å². The van der Waals surface area contributed by atoms with Crippen molar-refractivity contribution < 1.29 is 17.6 Å². The molecule has 0 saturated carbocycles. The molecule has 1 heterocycles. The number of nitrogens with two attached hydrogens (primary N) is 2. The number of alkyl halides is 3. The molecule has 0 radical (unpaired) electrons. The molecular weight excluding hydrogens is 214 g/mol. The van der Waals surface area contributed by atoms with Crippen molar-refractivity contribution in [2.24, 2.45) is 0 Å². The lowest BCUT2D eigenvalue weighted by atomic mass is 10.1. The molecule has 3 nitrogen and oxygen atoms in total. The number of hydrogen-bond donors (Lipinski definition) is 2. The molecule has 4 N–H and O–H groups in total. The Hall–Kier alpha value is -1.53. The smallest absolute Gasteiger partial charge is 0.389 e. The molecule has 0 unspecified atom stereocenters. The Bertz CT molecular complexity index is 362.